The molecule has 1 aliphatic rings. The summed E-state index contributed by atoms with van der Waals surface area (Å²) in [5.74, 6) is 2.13. The van der Waals surface area contributed by atoms with Crippen molar-refractivity contribution in [3.05, 3.63) is 83.1 Å². The summed E-state index contributed by atoms with van der Waals surface area (Å²) in [6.07, 6.45) is 3.59. The van der Waals surface area contributed by atoms with Gasteiger partial charge in [0.2, 0.25) is 5.88 Å². The molecule has 0 unspecified atom stereocenters. The predicted molar refractivity (Wildman–Crippen MR) is 180 cm³/mol. The van der Waals surface area contributed by atoms with Gasteiger partial charge in [-0.3, -0.25) is 4.90 Å². The van der Waals surface area contributed by atoms with Crippen molar-refractivity contribution in [1.82, 2.24) is 30.0 Å². The van der Waals surface area contributed by atoms with E-state index >= 15 is 0 Å². The number of rotatable bonds is 12. The second kappa shape index (κ2) is 13.4. The highest BCUT2D eigenvalue weighted by molar-refractivity contribution is 6.36. The minimum Gasteiger partial charge on any atom is -0.496 e. The SMILES string of the molecule is COc1cc(-n2ncc3c(-c4cccc(-c5ccc(CN6CC(C(C)(C)O)C6)c(OC)n5)c4Cl)cccc32)ncc1CNCCO. The van der Waals surface area contributed by atoms with Crippen molar-refractivity contribution in [2.75, 3.05) is 40.5 Å². The van der Waals surface area contributed by atoms with Crippen LogP contribution in [0.25, 0.3) is 39.1 Å². The van der Waals surface area contributed by atoms with Crippen LogP contribution < -0.4 is 14.8 Å². The largest absolute Gasteiger partial charge is 0.496 e. The van der Waals surface area contributed by atoms with E-state index in [2.05, 4.69) is 20.3 Å². The summed E-state index contributed by atoms with van der Waals surface area (Å²) < 4.78 is 13.1. The Balaban J connectivity index is 1.29. The molecule has 1 aliphatic heterocycles. The van der Waals surface area contributed by atoms with E-state index in [1.807, 2.05) is 74.6 Å². The van der Waals surface area contributed by atoms with Crippen LogP contribution in [0.5, 0.6) is 11.6 Å². The topological polar surface area (TPSA) is 118 Å². The van der Waals surface area contributed by atoms with Crippen LogP contribution >= 0.6 is 11.6 Å². The molecule has 1 saturated heterocycles. The molecule has 3 aromatic heterocycles. The minimum atomic E-state index is -0.678. The van der Waals surface area contributed by atoms with Gasteiger partial charge in [0.1, 0.15) is 5.75 Å². The number of likely N-dealkylation sites (tertiary alicyclic amines) is 1. The van der Waals surface area contributed by atoms with Gasteiger partial charge in [-0.15, -0.1) is 0 Å². The van der Waals surface area contributed by atoms with Crippen LogP contribution in [0, 0.1) is 5.92 Å². The first kappa shape index (κ1) is 31.9. The fourth-order valence-corrected chi connectivity index (χ4v) is 6.23. The number of nitrogens with one attached hydrogen (secondary N) is 1. The maximum atomic E-state index is 10.3. The lowest BCUT2D eigenvalue weighted by atomic mass is 9.84. The number of methoxy groups -OCH3 is 2. The van der Waals surface area contributed by atoms with E-state index in [4.69, 9.17) is 31.2 Å². The maximum absolute atomic E-state index is 10.3. The lowest BCUT2D eigenvalue weighted by Crippen LogP contribution is -2.55. The summed E-state index contributed by atoms with van der Waals surface area (Å²) in [4.78, 5) is 11.8. The summed E-state index contributed by atoms with van der Waals surface area (Å²) >= 11 is 7.13. The fraction of sp³-hybridized carbons (Fsp3) is 0.343. The molecule has 11 heteroatoms. The van der Waals surface area contributed by atoms with Crippen molar-refractivity contribution in [3.8, 4) is 39.8 Å². The summed E-state index contributed by atoms with van der Waals surface area (Å²) in [6, 6.07) is 17.9. The number of fused-ring (bicyclic) bond motifs is 1. The summed E-state index contributed by atoms with van der Waals surface area (Å²) in [6.45, 7) is 7.18. The molecule has 0 spiro atoms. The number of halogens is 1. The van der Waals surface area contributed by atoms with Crippen molar-refractivity contribution in [2.45, 2.75) is 32.5 Å². The van der Waals surface area contributed by atoms with Gasteiger partial charge in [-0.25, -0.2) is 14.6 Å². The van der Waals surface area contributed by atoms with E-state index < -0.39 is 5.60 Å². The van der Waals surface area contributed by atoms with Gasteiger partial charge in [-0.05, 0) is 31.5 Å². The van der Waals surface area contributed by atoms with E-state index in [9.17, 15) is 5.11 Å². The second-order valence-corrected chi connectivity index (χ2v) is 12.5. The molecule has 0 aliphatic carbocycles. The molecule has 0 amide bonds. The Morgan fingerprint density at radius 2 is 1.74 bits per heavy atom. The number of aliphatic hydroxyl groups excluding tert-OH is 1. The third-order valence-corrected chi connectivity index (χ3v) is 9.04. The lowest BCUT2D eigenvalue weighted by Gasteiger charge is -2.45. The van der Waals surface area contributed by atoms with E-state index in [0.29, 0.717) is 42.1 Å². The molecule has 4 heterocycles. The summed E-state index contributed by atoms with van der Waals surface area (Å²) in [5, 5.41) is 28.7. The molecule has 0 radical (unpaired) electrons. The Kier molecular flexibility index (Phi) is 9.26. The summed E-state index contributed by atoms with van der Waals surface area (Å²) in [7, 11) is 3.26. The highest BCUT2D eigenvalue weighted by Crippen LogP contribution is 2.40. The van der Waals surface area contributed by atoms with Crippen LogP contribution in [0.3, 0.4) is 0 Å². The van der Waals surface area contributed by atoms with Gasteiger partial charge in [-0.2, -0.15) is 5.10 Å². The standard InChI is InChI=1S/C35H39ClN6O4/c1-35(2,44)24-20-41(21-24)19-22-11-12-29(40-34(22)46-4)27-9-5-8-26(33(27)36)25-7-6-10-30-28(25)18-39-42(30)32-15-31(45-3)23(17-38-32)16-37-13-14-43/h5-12,15,17-18,24,37,43-44H,13-14,16,19-21H2,1-4H3. The Morgan fingerprint density at radius 3 is 2.48 bits per heavy atom. The summed E-state index contributed by atoms with van der Waals surface area (Å²) in [5.41, 5.74) is 5.40. The van der Waals surface area contributed by atoms with Crippen LogP contribution in [0.15, 0.2) is 67.0 Å². The quantitative estimate of drug-likeness (QED) is 0.160. The van der Waals surface area contributed by atoms with Crippen molar-refractivity contribution in [1.29, 1.82) is 0 Å². The van der Waals surface area contributed by atoms with Crippen LogP contribution in [0.1, 0.15) is 25.0 Å². The van der Waals surface area contributed by atoms with Crippen LogP contribution in [0.4, 0.5) is 0 Å². The predicted octanol–water partition coefficient (Wildman–Crippen LogP) is 5.10. The number of ether oxygens (including phenoxy) is 2. The monoisotopic (exact) mass is 642 g/mol. The zero-order valence-electron chi connectivity index (χ0n) is 26.5. The average Bonchev–Trinajstić information content (AvgIpc) is 3.47. The van der Waals surface area contributed by atoms with Gasteiger partial charge in [0.25, 0.3) is 0 Å². The Hall–Kier alpha value is -4.06. The average molecular weight is 643 g/mol. The van der Waals surface area contributed by atoms with Crippen molar-refractivity contribution < 1.29 is 19.7 Å². The second-order valence-electron chi connectivity index (χ2n) is 12.1. The van der Waals surface area contributed by atoms with E-state index in [0.717, 1.165) is 57.5 Å². The van der Waals surface area contributed by atoms with Gasteiger partial charge >= 0.3 is 0 Å². The Labute approximate surface area is 273 Å². The molecular weight excluding hydrogens is 604 g/mol. The number of aromatic nitrogens is 4. The molecule has 240 valence electrons. The van der Waals surface area contributed by atoms with Gasteiger partial charge < -0.3 is 25.0 Å². The highest BCUT2D eigenvalue weighted by atomic mass is 35.5. The Morgan fingerprint density at radius 1 is 0.978 bits per heavy atom. The first-order valence-corrected chi connectivity index (χ1v) is 15.7. The minimum absolute atomic E-state index is 0.0596. The normalized spacial score (nSPS) is 14.1. The number of hydrogen-bond acceptors (Lipinski definition) is 9. The molecule has 1 fully saturated rings. The third-order valence-electron chi connectivity index (χ3n) is 8.63. The zero-order chi connectivity index (χ0) is 32.4. The number of benzene rings is 2. The maximum Gasteiger partial charge on any atom is 0.218 e. The molecule has 0 saturated carbocycles. The molecule has 3 N–H and O–H groups in total. The fourth-order valence-electron chi connectivity index (χ4n) is 5.90. The number of aliphatic hydroxyl groups is 2. The van der Waals surface area contributed by atoms with Crippen LogP contribution in [-0.4, -0.2) is 80.9 Å². The van der Waals surface area contributed by atoms with Crippen LogP contribution in [0.2, 0.25) is 5.02 Å². The number of pyridine rings is 2. The molecule has 0 atom stereocenters. The number of hydrogen-bond donors (Lipinski definition) is 3. The smallest absolute Gasteiger partial charge is 0.218 e. The molecule has 5 aromatic rings. The van der Waals surface area contributed by atoms with Crippen molar-refractivity contribution >= 4 is 22.5 Å². The molecule has 0 bridgehead atoms. The number of nitrogens with zero attached hydrogens (tertiary/aromatic N) is 5. The van der Waals surface area contributed by atoms with Gasteiger partial charge in [0, 0.05) is 78.5 Å². The first-order valence-electron chi connectivity index (χ1n) is 15.3. The molecular formula is C35H39ClN6O4. The molecule has 2 aromatic carbocycles. The van der Waals surface area contributed by atoms with Crippen LogP contribution in [-0.2, 0) is 13.1 Å². The highest BCUT2D eigenvalue weighted by Gasteiger charge is 2.37. The lowest BCUT2D eigenvalue weighted by molar-refractivity contribution is -0.0649. The Bertz CT molecular complexity index is 1850. The third kappa shape index (κ3) is 6.31. The molecule has 46 heavy (non-hydrogen) atoms. The molecule has 10 nitrogen and oxygen atoms in total. The van der Waals surface area contributed by atoms with Crippen molar-refractivity contribution in [3.63, 3.8) is 0 Å². The van der Waals surface area contributed by atoms with E-state index in [1.165, 1.54) is 0 Å². The molecule has 6 rings (SSSR count). The van der Waals surface area contributed by atoms with Gasteiger partial charge in [0.15, 0.2) is 5.82 Å². The van der Waals surface area contributed by atoms with Crippen molar-refractivity contribution in [2.24, 2.45) is 5.92 Å². The van der Waals surface area contributed by atoms with E-state index in [1.54, 1.807) is 25.1 Å². The first-order chi connectivity index (χ1) is 22.2. The van der Waals surface area contributed by atoms with Gasteiger partial charge in [0.05, 0.1) is 48.9 Å². The van der Waals surface area contributed by atoms with Gasteiger partial charge in [-0.1, -0.05) is 48.0 Å². The van der Waals surface area contributed by atoms with E-state index in [-0.39, 0.29) is 12.5 Å². The zero-order valence-corrected chi connectivity index (χ0v) is 27.3.